The molecular formula is C10H9NOS. The van der Waals surface area contributed by atoms with Crippen LogP contribution in [-0.4, -0.2) is 12.1 Å². The van der Waals surface area contributed by atoms with E-state index in [0.29, 0.717) is 0 Å². The molecule has 0 aliphatic heterocycles. The zero-order valence-corrected chi connectivity index (χ0v) is 8.04. The van der Waals surface area contributed by atoms with Crippen LogP contribution in [0, 0.1) is 0 Å². The van der Waals surface area contributed by atoms with Gasteiger partial charge in [-0.15, -0.1) is 11.3 Å². The summed E-state index contributed by atoms with van der Waals surface area (Å²) in [6.07, 6.45) is 1.76. The summed E-state index contributed by atoms with van der Waals surface area (Å²) >= 11 is 1.68. The lowest BCUT2D eigenvalue weighted by Crippen LogP contribution is -1.84. The number of thiophene rings is 1. The molecule has 0 amide bonds. The van der Waals surface area contributed by atoms with Gasteiger partial charge in [0.25, 0.3) is 0 Å². The third kappa shape index (κ3) is 1.70. The summed E-state index contributed by atoms with van der Waals surface area (Å²) in [6.45, 7) is 0. The molecule has 2 heterocycles. The number of pyridine rings is 1. The van der Waals surface area contributed by atoms with Crippen LogP contribution in [0.3, 0.4) is 0 Å². The molecule has 0 saturated heterocycles. The molecule has 0 saturated carbocycles. The fourth-order valence-corrected chi connectivity index (χ4v) is 1.79. The maximum absolute atomic E-state index is 5.12. The van der Waals surface area contributed by atoms with E-state index < -0.39 is 0 Å². The molecule has 0 atom stereocenters. The van der Waals surface area contributed by atoms with Crippen LogP contribution in [0.15, 0.2) is 35.8 Å². The number of ether oxygens (including phenoxy) is 1. The first-order valence-corrected chi connectivity index (χ1v) is 4.82. The van der Waals surface area contributed by atoms with Crippen molar-refractivity contribution >= 4 is 11.3 Å². The maximum Gasteiger partial charge on any atom is 0.122 e. The van der Waals surface area contributed by atoms with E-state index in [1.54, 1.807) is 24.6 Å². The van der Waals surface area contributed by atoms with Crippen LogP contribution in [0.25, 0.3) is 10.6 Å². The van der Waals surface area contributed by atoms with Crippen LogP contribution in [0.4, 0.5) is 0 Å². The van der Waals surface area contributed by atoms with E-state index in [4.69, 9.17) is 4.74 Å². The van der Waals surface area contributed by atoms with Crippen molar-refractivity contribution in [2.24, 2.45) is 0 Å². The predicted octanol–water partition coefficient (Wildman–Crippen LogP) is 2.82. The van der Waals surface area contributed by atoms with Gasteiger partial charge in [-0.3, -0.25) is 4.98 Å². The van der Waals surface area contributed by atoms with E-state index in [2.05, 4.69) is 4.98 Å². The van der Waals surface area contributed by atoms with Crippen LogP contribution < -0.4 is 4.74 Å². The van der Waals surface area contributed by atoms with Crippen molar-refractivity contribution in [2.45, 2.75) is 0 Å². The first-order valence-electron chi connectivity index (χ1n) is 3.94. The standard InChI is InChI=1S/C10H9NOS/c1-12-8-4-5-11-9(7-8)10-3-2-6-13-10/h2-7H,1H3. The van der Waals surface area contributed by atoms with Crippen LogP contribution >= 0.6 is 11.3 Å². The Morgan fingerprint density at radius 2 is 2.31 bits per heavy atom. The summed E-state index contributed by atoms with van der Waals surface area (Å²) in [6, 6.07) is 7.84. The largest absolute Gasteiger partial charge is 0.497 e. The second-order valence-electron chi connectivity index (χ2n) is 2.56. The highest BCUT2D eigenvalue weighted by Gasteiger charge is 2.00. The van der Waals surface area contributed by atoms with Crippen molar-refractivity contribution in [3.05, 3.63) is 35.8 Å². The van der Waals surface area contributed by atoms with Gasteiger partial charge >= 0.3 is 0 Å². The summed E-state index contributed by atoms with van der Waals surface area (Å²) in [4.78, 5) is 5.43. The quantitative estimate of drug-likeness (QED) is 0.728. The molecule has 2 nitrogen and oxygen atoms in total. The molecule has 2 aromatic rings. The number of rotatable bonds is 2. The van der Waals surface area contributed by atoms with Gasteiger partial charge in [0.2, 0.25) is 0 Å². The Bertz CT molecular complexity index is 384. The number of methoxy groups -OCH3 is 1. The fourth-order valence-electron chi connectivity index (χ4n) is 1.10. The molecule has 0 aliphatic rings. The average molecular weight is 191 g/mol. The van der Waals surface area contributed by atoms with E-state index in [0.717, 1.165) is 11.4 Å². The van der Waals surface area contributed by atoms with Gasteiger partial charge in [-0.05, 0) is 17.5 Å². The normalized spacial score (nSPS) is 9.92. The van der Waals surface area contributed by atoms with Gasteiger partial charge in [-0.2, -0.15) is 0 Å². The van der Waals surface area contributed by atoms with Gasteiger partial charge in [0.05, 0.1) is 17.7 Å². The Morgan fingerprint density at radius 3 is 3.00 bits per heavy atom. The second-order valence-corrected chi connectivity index (χ2v) is 3.51. The molecule has 0 unspecified atom stereocenters. The smallest absolute Gasteiger partial charge is 0.122 e. The SMILES string of the molecule is COc1ccnc(-c2cccs2)c1. The monoisotopic (exact) mass is 191 g/mol. The molecule has 0 radical (unpaired) electrons. The summed E-state index contributed by atoms with van der Waals surface area (Å²) < 4.78 is 5.12. The Morgan fingerprint density at radius 1 is 1.38 bits per heavy atom. The minimum absolute atomic E-state index is 0.846. The van der Waals surface area contributed by atoms with E-state index in [1.807, 2.05) is 29.6 Å². The minimum Gasteiger partial charge on any atom is -0.497 e. The predicted molar refractivity (Wildman–Crippen MR) is 54.1 cm³/mol. The summed E-state index contributed by atoms with van der Waals surface area (Å²) in [5, 5.41) is 2.04. The van der Waals surface area contributed by atoms with Crippen molar-refractivity contribution in [3.63, 3.8) is 0 Å². The second kappa shape index (κ2) is 3.58. The first kappa shape index (κ1) is 8.26. The van der Waals surface area contributed by atoms with Crippen LogP contribution in [0.1, 0.15) is 0 Å². The third-order valence-corrected chi connectivity index (χ3v) is 2.63. The average Bonchev–Trinajstić information content (AvgIpc) is 2.71. The van der Waals surface area contributed by atoms with E-state index >= 15 is 0 Å². The van der Waals surface area contributed by atoms with Crippen LogP contribution in [-0.2, 0) is 0 Å². The van der Waals surface area contributed by atoms with E-state index in [9.17, 15) is 0 Å². The zero-order valence-electron chi connectivity index (χ0n) is 7.23. The molecule has 0 spiro atoms. The lowest BCUT2D eigenvalue weighted by Gasteiger charge is -2.00. The van der Waals surface area contributed by atoms with Crippen molar-refractivity contribution in [2.75, 3.05) is 7.11 Å². The zero-order chi connectivity index (χ0) is 9.10. The Balaban J connectivity index is 2.41. The molecule has 0 fully saturated rings. The van der Waals surface area contributed by atoms with Gasteiger partial charge in [-0.1, -0.05) is 6.07 Å². The van der Waals surface area contributed by atoms with E-state index in [-0.39, 0.29) is 0 Å². The molecule has 2 aromatic heterocycles. The number of nitrogens with zero attached hydrogens (tertiary/aromatic N) is 1. The Hall–Kier alpha value is -1.35. The Labute approximate surface area is 80.8 Å². The molecule has 66 valence electrons. The minimum atomic E-state index is 0.846. The number of hydrogen-bond acceptors (Lipinski definition) is 3. The number of aromatic nitrogens is 1. The van der Waals surface area contributed by atoms with Crippen molar-refractivity contribution in [1.82, 2.24) is 4.98 Å². The highest BCUT2D eigenvalue weighted by atomic mass is 32.1. The van der Waals surface area contributed by atoms with Crippen LogP contribution in [0.5, 0.6) is 5.75 Å². The van der Waals surface area contributed by atoms with Crippen molar-refractivity contribution < 1.29 is 4.74 Å². The lowest BCUT2D eigenvalue weighted by molar-refractivity contribution is 0.414. The molecule has 3 heteroatoms. The highest BCUT2D eigenvalue weighted by molar-refractivity contribution is 7.13. The molecule has 0 N–H and O–H groups in total. The summed E-state index contributed by atoms with van der Waals surface area (Å²) in [5.74, 6) is 0.846. The summed E-state index contributed by atoms with van der Waals surface area (Å²) in [7, 11) is 1.66. The highest BCUT2D eigenvalue weighted by Crippen LogP contribution is 2.24. The lowest BCUT2D eigenvalue weighted by atomic mass is 10.3. The van der Waals surface area contributed by atoms with Gasteiger partial charge in [0.15, 0.2) is 0 Å². The van der Waals surface area contributed by atoms with Crippen molar-refractivity contribution in [1.29, 1.82) is 0 Å². The van der Waals surface area contributed by atoms with E-state index in [1.165, 1.54) is 4.88 Å². The first-order chi connectivity index (χ1) is 6.40. The van der Waals surface area contributed by atoms with Gasteiger partial charge in [0, 0.05) is 12.3 Å². The van der Waals surface area contributed by atoms with Gasteiger partial charge in [0.1, 0.15) is 5.75 Å². The maximum atomic E-state index is 5.12. The molecule has 0 bridgehead atoms. The molecule has 0 aromatic carbocycles. The van der Waals surface area contributed by atoms with Crippen molar-refractivity contribution in [3.8, 4) is 16.3 Å². The Kier molecular flexibility index (Phi) is 2.27. The van der Waals surface area contributed by atoms with Gasteiger partial charge in [-0.25, -0.2) is 0 Å². The topological polar surface area (TPSA) is 22.1 Å². The number of hydrogen-bond donors (Lipinski definition) is 0. The summed E-state index contributed by atoms with van der Waals surface area (Å²) in [5.41, 5.74) is 0.967. The molecular weight excluding hydrogens is 182 g/mol. The molecule has 0 aliphatic carbocycles. The molecule has 2 rings (SSSR count). The van der Waals surface area contributed by atoms with Crippen LogP contribution in [0.2, 0.25) is 0 Å². The third-order valence-electron chi connectivity index (χ3n) is 1.74. The fraction of sp³-hybridized carbons (Fsp3) is 0.100. The molecule has 13 heavy (non-hydrogen) atoms. The van der Waals surface area contributed by atoms with Gasteiger partial charge < -0.3 is 4.74 Å².